The van der Waals surface area contributed by atoms with Gasteiger partial charge in [0.05, 0.1) is 26.0 Å². The Morgan fingerprint density at radius 3 is 1.62 bits per heavy atom. The molecule has 0 aliphatic heterocycles. The van der Waals surface area contributed by atoms with Crippen molar-refractivity contribution in [3.8, 4) is 5.75 Å². The standard InChI is InChI=1S/C31H58NO4P/c1-4-7-8-9-10-11-12-13-14-15-16-17-18-19-20-21-24-34-31-27-29(26-30(32)28-31)23-22-25-37(33,35-5-2)36-6-3/h26-28H,4-25,32H2,1-3H3. The lowest BCUT2D eigenvalue weighted by Crippen LogP contribution is -2.02. The Morgan fingerprint density at radius 1 is 0.649 bits per heavy atom. The van der Waals surface area contributed by atoms with E-state index in [9.17, 15) is 4.57 Å². The number of nitrogen functional groups attached to an aromatic ring is 1. The number of hydrogen-bond acceptors (Lipinski definition) is 5. The lowest BCUT2D eigenvalue weighted by molar-refractivity contribution is 0.220. The average molecular weight is 540 g/mol. The summed E-state index contributed by atoms with van der Waals surface area (Å²) in [5.74, 6) is 0.828. The monoisotopic (exact) mass is 539 g/mol. The van der Waals surface area contributed by atoms with E-state index >= 15 is 0 Å². The van der Waals surface area contributed by atoms with Gasteiger partial charge in [0.15, 0.2) is 0 Å². The third-order valence-corrected chi connectivity index (χ3v) is 8.97. The number of unbranched alkanes of at least 4 members (excludes halogenated alkanes) is 15. The second-order valence-corrected chi connectivity index (χ2v) is 12.5. The summed E-state index contributed by atoms with van der Waals surface area (Å²) in [5.41, 5.74) is 7.90. The van der Waals surface area contributed by atoms with Crippen LogP contribution in [0, 0.1) is 0 Å². The van der Waals surface area contributed by atoms with Crippen LogP contribution in [0.4, 0.5) is 5.69 Å². The molecule has 37 heavy (non-hydrogen) atoms. The zero-order valence-corrected chi connectivity index (χ0v) is 25.3. The van der Waals surface area contributed by atoms with Gasteiger partial charge in [-0.25, -0.2) is 0 Å². The number of aryl methyl sites for hydroxylation is 1. The Hall–Kier alpha value is -1.03. The van der Waals surface area contributed by atoms with Crippen molar-refractivity contribution in [2.75, 3.05) is 31.7 Å². The van der Waals surface area contributed by atoms with Crippen molar-refractivity contribution in [3.05, 3.63) is 23.8 Å². The zero-order valence-electron chi connectivity index (χ0n) is 24.4. The second kappa shape index (κ2) is 22.9. The highest BCUT2D eigenvalue weighted by Gasteiger charge is 2.22. The van der Waals surface area contributed by atoms with Gasteiger partial charge in [0, 0.05) is 11.8 Å². The molecule has 1 aromatic carbocycles. The van der Waals surface area contributed by atoms with E-state index in [1.54, 1.807) is 0 Å². The molecule has 1 rings (SSSR count). The molecular formula is C31H58NO4P. The van der Waals surface area contributed by atoms with Gasteiger partial charge in [-0.1, -0.05) is 103 Å². The first-order valence-electron chi connectivity index (χ1n) is 15.4. The van der Waals surface area contributed by atoms with Gasteiger partial charge in [-0.3, -0.25) is 4.57 Å². The van der Waals surface area contributed by atoms with Gasteiger partial charge < -0.3 is 19.5 Å². The Kier molecular flexibility index (Phi) is 21.1. The minimum absolute atomic E-state index is 0.396. The largest absolute Gasteiger partial charge is 0.494 e. The lowest BCUT2D eigenvalue weighted by Gasteiger charge is -2.17. The highest BCUT2D eigenvalue weighted by Crippen LogP contribution is 2.48. The molecule has 0 atom stereocenters. The molecule has 0 amide bonds. The van der Waals surface area contributed by atoms with Crippen molar-refractivity contribution in [1.82, 2.24) is 0 Å². The van der Waals surface area contributed by atoms with Crippen LogP contribution >= 0.6 is 7.60 Å². The van der Waals surface area contributed by atoms with Crippen LogP contribution in [0.25, 0.3) is 0 Å². The summed E-state index contributed by atoms with van der Waals surface area (Å²) >= 11 is 0. The van der Waals surface area contributed by atoms with Crippen LogP contribution < -0.4 is 10.5 Å². The Labute approximate surface area is 229 Å². The Balaban J connectivity index is 2.06. The number of benzene rings is 1. The van der Waals surface area contributed by atoms with Crippen LogP contribution in [0.15, 0.2) is 18.2 Å². The van der Waals surface area contributed by atoms with Crippen molar-refractivity contribution < 1.29 is 18.3 Å². The van der Waals surface area contributed by atoms with Gasteiger partial charge in [-0.15, -0.1) is 0 Å². The van der Waals surface area contributed by atoms with Crippen molar-refractivity contribution >= 4 is 13.3 Å². The number of rotatable bonds is 26. The number of ether oxygens (including phenoxy) is 1. The summed E-state index contributed by atoms with van der Waals surface area (Å²) in [7, 11) is -2.99. The van der Waals surface area contributed by atoms with E-state index in [0.717, 1.165) is 37.2 Å². The van der Waals surface area contributed by atoms with Gasteiger partial charge in [-0.2, -0.15) is 0 Å². The van der Waals surface area contributed by atoms with Crippen LogP contribution in [0.5, 0.6) is 5.75 Å². The summed E-state index contributed by atoms with van der Waals surface area (Å²) in [4.78, 5) is 0. The fourth-order valence-electron chi connectivity index (χ4n) is 4.79. The highest BCUT2D eigenvalue weighted by atomic mass is 31.2. The third-order valence-electron chi connectivity index (χ3n) is 6.80. The molecule has 0 heterocycles. The first kappa shape index (κ1) is 34.0. The Bertz CT molecular complexity index is 702. The molecule has 0 aliphatic rings. The molecular weight excluding hydrogens is 481 g/mol. The van der Waals surface area contributed by atoms with Crippen LogP contribution in [-0.4, -0.2) is 26.0 Å². The second-order valence-electron chi connectivity index (χ2n) is 10.3. The SMILES string of the molecule is CCCCCCCCCCCCCCCCCCOc1cc(N)cc(CCCP(=O)(OCC)OCC)c1. The maximum atomic E-state index is 12.6. The normalized spacial score (nSPS) is 11.8. The van der Waals surface area contributed by atoms with Crippen LogP contribution in [0.2, 0.25) is 0 Å². The molecule has 0 saturated carbocycles. The summed E-state index contributed by atoms with van der Waals surface area (Å²) in [5, 5.41) is 0. The van der Waals surface area contributed by atoms with Crippen molar-refractivity contribution in [1.29, 1.82) is 0 Å². The van der Waals surface area contributed by atoms with Crippen molar-refractivity contribution in [2.24, 2.45) is 0 Å². The van der Waals surface area contributed by atoms with E-state index in [2.05, 4.69) is 13.0 Å². The van der Waals surface area contributed by atoms with Gasteiger partial charge >= 0.3 is 7.60 Å². The number of nitrogens with two attached hydrogens (primary N) is 1. The molecule has 0 spiro atoms. The molecule has 0 unspecified atom stereocenters. The van der Waals surface area contributed by atoms with Crippen LogP contribution in [0.1, 0.15) is 135 Å². The van der Waals surface area contributed by atoms with E-state index in [-0.39, 0.29) is 0 Å². The minimum Gasteiger partial charge on any atom is -0.494 e. The van der Waals surface area contributed by atoms with Crippen LogP contribution in [0.3, 0.4) is 0 Å². The van der Waals surface area contributed by atoms with Gasteiger partial charge in [0.25, 0.3) is 0 Å². The predicted molar refractivity (Wildman–Crippen MR) is 160 cm³/mol. The maximum absolute atomic E-state index is 12.6. The molecule has 2 N–H and O–H groups in total. The number of anilines is 1. The average Bonchev–Trinajstić information content (AvgIpc) is 2.86. The highest BCUT2D eigenvalue weighted by molar-refractivity contribution is 7.53. The first-order valence-corrected chi connectivity index (χ1v) is 17.2. The summed E-state index contributed by atoms with van der Waals surface area (Å²) in [6, 6.07) is 5.91. The van der Waals surface area contributed by atoms with E-state index in [0.29, 0.717) is 25.1 Å². The topological polar surface area (TPSA) is 70.8 Å². The lowest BCUT2D eigenvalue weighted by atomic mass is 10.0. The summed E-state index contributed by atoms with van der Waals surface area (Å²) in [6.07, 6.45) is 23.8. The molecule has 1 aromatic rings. The molecule has 0 radical (unpaired) electrons. The van der Waals surface area contributed by atoms with Gasteiger partial charge in [-0.05, 0) is 50.8 Å². The fourth-order valence-corrected chi connectivity index (χ4v) is 6.46. The molecule has 0 aliphatic carbocycles. The third kappa shape index (κ3) is 18.8. The van der Waals surface area contributed by atoms with Gasteiger partial charge in [0.1, 0.15) is 5.75 Å². The quantitative estimate of drug-likeness (QED) is 0.0720. The number of hydrogen-bond donors (Lipinski definition) is 1. The van der Waals surface area contributed by atoms with Crippen molar-refractivity contribution in [2.45, 2.75) is 136 Å². The summed E-state index contributed by atoms with van der Waals surface area (Å²) < 4.78 is 29.4. The molecule has 0 bridgehead atoms. The predicted octanol–water partition coefficient (Wildman–Crippen LogP) is 10.1. The molecule has 0 aromatic heterocycles. The van der Waals surface area contributed by atoms with E-state index < -0.39 is 7.60 Å². The van der Waals surface area contributed by atoms with Gasteiger partial charge in [0.2, 0.25) is 0 Å². The molecule has 0 fully saturated rings. The van der Waals surface area contributed by atoms with E-state index in [1.807, 2.05) is 26.0 Å². The van der Waals surface area contributed by atoms with Crippen molar-refractivity contribution in [3.63, 3.8) is 0 Å². The Morgan fingerprint density at radius 2 is 1.14 bits per heavy atom. The smallest absolute Gasteiger partial charge is 0.330 e. The van der Waals surface area contributed by atoms with E-state index in [4.69, 9.17) is 19.5 Å². The van der Waals surface area contributed by atoms with E-state index in [1.165, 1.54) is 96.3 Å². The summed E-state index contributed by atoms with van der Waals surface area (Å²) in [6.45, 7) is 7.48. The minimum atomic E-state index is -2.99. The molecule has 6 heteroatoms. The zero-order chi connectivity index (χ0) is 27.0. The molecule has 0 saturated heterocycles. The van der Waals surface area contributed by atoms with Crippen LogP contribution in [-0.2, 0) is 20.0 Å². The molecule has 5 nitrogen and oxygen atoms in total. The molecule has 216 valence electrons. The maximum Gasteiger partial charge on any atom is 0.330 e. The first-order chi connectivity index (χ1) is 18.0. The fraction of sp³-hybridized carbons (Fsp3) is 0.806.